The van der Waals surface area contributed by atoms with Crippen molar-refractivity contribution in [2.75, 3.05) is 6.61 Å². The molecular weight excluding hydrogens is 424 g/mol. The molecule has 3 rings (SSSR count). The van der Waals surface area contributed by atoms with Crippen LogP contribution < -0.4 is 4.74 Å². The third-order valence-corrected chi connectivity index (χ3v) is 5.52. The largest absolute Gasteiger partial charge is 0.457 e. The van der Waals surface area contributed by atoms with Crippen LogP contribution in [-0.2, 0) is 16.8 Å². The van der Waals surface area contributed by atoms with E-state index in [1.165, 1.54) is 5.56 Å². The molecule has 0 aromatic heterocycles. The van der Waals surface area contributed by atoms with Crippen LogP contribution in [0.4, 0.5) is 0 Å². The molecule has 27 heavy (non-hydrogen) atoms. The Morgan fingerprint density at radius 3 is 2.37 bits per heavy atom. The molecule has 0 bridgehead atoms. The second-order valence-electron chi connectivity index (χ2n) is 7.07. The molecule has 0 heterocycles. The van der Waals surface area contributed by atoms with Gasteiger partial charge in [0, 0.05) is 9.89 Å². The number of halogens is 2. The van der Waals surface area contributed by atoms with Gasteiger partial charge in [-0.1, -0.05) is 61.8 Å². The highest BCUT2D eigenvalue weighted by molar-refractivity contribution is 9.10. The lowest BCUT2D eigenvalue weighted by molar-refractivity contribution is 0.0824. The minimum Gasteiger partial charge on any atom is -0.457 e. The fourth-order valence-corrected chi connectivity index (χ4v) is 3.24. The Kier molecular flexibility index (Phi) is 6.59. The van der Waals surface area contributed by atoms with E-state index in [2.05, 4.69) is 35.8 Å². The van der Waals surface area contributed by atoms with Gasteiger partial charge in [0.25, 0.3) is 0 Å². The van der Waals surface area contributed by atoms with Gasteiger partial charge in [-0.3, -0.25) is 0 Å². The first kappa shape index (κ1) is 19.9. The van der Waals surface area contributed by atoms with Crippen molar-refractivity contribution in [1.29, 1.82) is 0 Å². The van der Waals surface area contributed by atoms with Gasteiger partial charge in [0.2, 0.25) is 0 Å². The van der Waals surface area contributed by atoms with Gasteiger partial charge in [0.05, 0.1) is 18.2 Å². The number of hydrogen-bond acceptors (Lipinski definition) is 2. The molecule has 0 radical (unpaired) electrons. The summed E-state index contributed by atoms with van der Waals surface area (Å²) < 4.78 is 12.8. The van der Waals surface area contributed by atoms with Crippen molar-refractivity contribution in [2.24, 2.45) is 0 Å². The smallest absolute Gasteiger partial charge is 0.127 e. The maximum atomic E-state index is 6.10. The molecule has 0 aliphatic rings. The molecule has 0 fully saturated rings. The van der Waals surface area contributed by atoms with Crippen LogP contribution in [-0.4, -0.2) is 6.61 Å². The lowest BCUT2D eigenvalue weighted by atomic mass is 9.86. The molecule has 0 aliphatic carbocycles. The van der Waals surface area contributed by atoms with Gasteiger partial charge >= 0.3 is 0 Å². The van der Waals surface area contributed by atoms with Crippen LogP contribution >= 0.6 is 27.5 Å². The molecule has 0 amide bonds. The van der Waals surface area contributed by atoms with E-state index < -0.39 is 0 Å². The fourth-order valence-electron chi connectivity index (χ4n) is 2.75. The molecule has 0 spiro atoms. The number of hydrogen-bond donors (Lipinski definition) is 0. The van der Waals surface area contributed by atoms with Crippen LogP contribution in [0, 0.1) is 0 Å². The van der Waals surface area contributed by atoms with Crippen molar-refractivity contribution < 1.29 is 9.47 Å². The highest BCUT2D eigenvalue weighted by Crippen LogP contribution is 2.31. The lowest BCUT2D eigenvalue weighted by Crippen LogP contribution is -2.24. The van der Waals surface area contributed by atoms with Crippen LogP contribution in [0.3, 0.4) is 0 Å². The summed E-state index contributed by atoms with van der Waals surface area (Å²) in [5.41, 5.74) is 2.14. The van der Waals surface area contributed by atoms with Crippen LogP contribution in [0.25, 0.3) is 0 Å². The van der Waals surface area contributed by atoms with E-state index >= 15 is 0 Å². The van der Waals surface area contributed by atoms with E-state index in [-0.39, 0.29) is 5.41 Å². The minimum atomic E-state index is -0.120. The highest BCUT2D eigenvalue weighted by Gasteiger charge is 2.21. The third kappa shape index (κ3) is 5.58. The number of rotatable bonds is 7. The predicted molar refractivity (Wildman–Crippen MR) is 115 cm³/mol. The summed E-state index contributed by atoms with van der Waals surface area (Å²) in [7, 11) is 0. The molecule has 4 heteroatoms. The van der Waals surface area contributed by atoms with Gasteiger partial charge in [-0.15, -0.1) is 0 Å². The standard InChI is InChI=1S/C23H22BrClO2/c1-23(2,18-11-12-22(25)21(24)14-18)16-26-15-17-7-6-10-20(13-17)27-19-8-4-3-5-9-19/h3-14H,15-16H2,1-2H3. The Labute approximate surface area is 174 Å². The molecule has 140 valence electrons. The zero-order valence-corrected chi connectivity index (χ0v) is 17.8. The first-order chi connectivity index (χ1) is 12.9. The molecular formula is C23H22BrClO2. The molecule has 0 saturated heterocycles. The predicted octanol–water partition coefficient (Wildman–Crippen LogP) is 7.39. The Morgan fingerprint density at radius 2 is 1.63 bits per heavy atom. The van der Waals surface area contributed by atoms with Gasteiger partial charge in [-0.25, -0.2) is 0 Å². The summed E-state index contributed by atoms with van der Waals surface area (Å²) in [5.74, 6) is 1.63. The quantitative estimate of drug-likeness (QED) is 0.377. The van der Waals surface area contributed by atoms with E-state index in [0.717, 1.165) is 21.5 Å². The summed E-state index contributed by atoms with van der Waals surface area (Å²) in [5, 5.41) is 0.714. The maximum Gasteiger partial charge on any atom is 0.127 e. The van der Waals surface area contributed by atoms with Gasteiger partial charge in [0.15, 0.2) is 0 Å². The van der Waals surface area contributed by atoms with Crippen molar-refractivity contribution >= 4 is 27.5 Å². The molecule has 0 aliphatic heterocycles. The minimum absolute atomic E-state index is 0.120. The third-order valence-electron chi connectivity index (χ3n) is 4.31. The number of para-hydroxylation sites is 1. The van der Waals surface area contributed by atoms with Crippen molar-refractivity contribution in [3.63, 3.8) is 0 Å². The molecule has 2 nitrogen and oxygen atoms in total. The zero-order valence-electron chi connectivity index (χ0n) is 15.4. The first-order valence-electron chi connectivity index (χ1n) is 8.79. The molecule has 0 atom stereocenters. The van der Waals surface area contributed by atoms with E-state index in [9.17, 15) is 0 Å². The number of benzene rings is 3. The monoisotopic (exact) mass is 444 g/mol. The van der Waals surface area contributed by atoms with E-state index in [0.29, 0.717) is 18.2 Å². The van der Waals surface area contributed by atoms with E-state index in [1.807, 2.05) is 66.7 Å². The van der Waals surface area contributed by atoms with E-state index in [1.54, 1.807) is 0 Å². The van der Waals surface area contributed by atoms with Crippen molar-refractivity contribution in [3.05, 3.63) is 93.4 Å². The first-order valence-corrected chi connectivity index (χ1v) is 9.96. The van der Waals surface area contributed by atoms with Crippen molar-refractivity contribution in [2.45, 2.75) is 25.9 Å². The average Bonchev–Trinajstić information content (AvgIpc) is 2.65. The molecule has 0 saturated carbocycles. The molecule has 3 aromatic rings. The zero-order chi connectivity index (χ0) is 19.3. The molecule has 0 unspecified atom stereocenters. The normalized spacial score (nSPS) is 11.4. The van der Waals surface area contributed by atoms with E-state index in [4.69, 9.17) is 21.1 Å². The van der Waals surface area contributed by atoms with Gasteiger partial charge in [-0.2, -0.15) is 0 Å². The van der Waals surface area contributed by atoms with Crippen LogP contribution in [0.15, 0.2) is 77.3 Å². The van der Waals surface area contributed by atoms with Crippen LogP contribution in [0.1, 0.15) is 25.0 Å². The summed E-state index contributed by atoms with van der Waals surface area (Å²) in [6.45, 7) is 5.46. The second kappa shape index (κ2) is 8.92. The van der Waals surface area contributed by atoms with Crippen LogP contribution in [0.2, 0.25) is 5.02 Å². The summed E-state index contributed by atoms with van der Waals surface area (Å²) >= 11 is 9.59. The number of ether oxygens (including phenoxy) is 2. The van der Waals surface area contributed by atoms with Gasteiger partial charge < -0.3 is 9.47 Å². The summed E-state index contributed by atoms with van der Waals surface area (Å²) in [4.78, 5) is 0. The maximum absolute atomic E-state index is 6.10. The second-order valence-corrected chi connectivity index (χ2v) is 8.33. The highest BCUT2D eigenvalue weighted by atomic mass is 79.9. The summed E-state index contributed by atoms with van der Waals surface area (Å²) in [6.07, 6.45) is 0. The molecule has 3 aromatic carbocycles. The average molecular weight is 446 g/mol. The Balaban J connectivity index is 1.59. The Bertz CT molecular complexity index is 894. The fraction of sp³-hybridized carbons (Fsp3) is 0.217. The molecule has 0 N–H and O–H groups in total. The Hall–Kier alpha value is -1.81. The Morgan fingerprint density at radius 1 is 0.889 bits per heavy atom. The SMILES string of the molecule is CC(C)(COCc1cccc(Oc2ccccc2)c1)c1ccc(Cl)c(Br)c1. The van der Waals surface area contributed by atoms with Gasteiger partial charge in [-0.05, 0) is 63.5 Å². The van der Waals surface area contributed by atoms with Crippen molar-refractivity contribution in [3.8, 4) is 11.5 Å². The topological polar surface area (TPSA) is 18.5 Å². The van der Waals surface area contributed by atoms with Crippen LogP contribution in [0.5, 0.6) is 11.5 Å². The lowest BCUT2D eigenvalue weighted by Gasteiger charge is -2.25. The van der Waals surface area contributed by atoms with Gasteiger partial charge in [0.1, 0.15) is 11.5 Å². The van der Waals surface area contributed by atoms with Crippen molar-refractivity contribution in [1.82, 2.24) is 0 Å². The summed E-state index contributed by atoms with van der Waals surface area (Å²) in [6, 6.07) is 23.8.